The van der Waals surface area contributed by atoms with Crippen LogP contribution in [0.15, 0.2) is 0 Å². The summed E-state index contributed by atoms with van der Waals surface area (Å²) >= 11 is 0. The minimum absolute atomic E-state index is 0.0708. The number of hydrogen-bond donors (Lipinski definition) is 4. The Bertz CT molecular complexity index is 508. The fraction of sp³-hybridized carbons (Fsp3) is 0.833. The highest BCUT2D eigenvalue weighted by Crippen LogP contribution is 2.21. The highest BCUT2D eigenvalue weighted by Gasteiger charge is 2.37. The van der Waals surface area contributed by atoms with Crippen molar-refractivity contribution in [1.29, 1.82) is 0 Å². The molecule has 0 aromatic heterocycles. The van der Waals surface area contributed by atoms with Gasteiger partial charge in [-0.1, -0.05) is 0 Å². The number of likely N-dealkylation sites (N-methyl/N-ethyl adjacent to an activating group) is 2. The molecular formula is C12H27N3O10P2. The molecule has 0 aliphatic carbocycles. The molecule has 0 amide bonds. The van der Waals surface area contributed by atoms with Crippen LogP contribution in [0.2, 0.25) is 0 Å². The van der Waals surface area contributed by atoms with E-state index in [9.17, 15) is 18.7 Å². The SMILES string of the molecule is CN(CO[PH](=O)O)CC(C)(CN(C)CO[PH](=O)O)N(CC(=O)O)CC(=O)O. The van der Waals surface area contributed by atoms with Crippen molar-refractivity contribution in [1.82, 2.24) is 14.7 Å². The molecule has 0 saturated heterocycles. The van der Waals surface area contributed by atoms with Gasteiger partial charge in [0.1, 0.15) is 13.5 Å². The summed E-state index contributed by atoms with van der Waals surface area (Å²) in [5, 5.41) is 18.3. The number of rotatable bonds is 15. The molecular weight excluding hydrogens is 408 g/mol. The van der Waals surface area contributed by atoms with Crippen molar-refractivity contribution in [3.05, 3.63) is 0 Å². The van der Waals surface area contributed by atoms with Gasteiger partial charge in [0.05, 0.1) is 13.1 Å². The summed E-state index contributed by atoms with van der Waals surface area (Å²) in [5.41, 5.74) is -1.08. The van der Waals surface area contributed by atoms with Crippen LogP contribution in [0, 0.1) is 0 Å². The fourth-order valence-corrected chi connectivity index (χ4v) is 3.26. The number of carboxylic acids is 2. The van der Waals surface area contributed by atoms with Crippen molar-refractivity contribution in [2.24, 2.45) is 0 Å². The van der Waals surface area contributed by atoms with Gasteiger partial charge in [0.25, 0.3) is 0 Å². The second-order valence-corrected chi connectivity index (χ2v) is 7.89. The summed E-state index contributed by atoms with van der Waals surface area (Å²) in [4.78, 5) is 44.1. The first-order valence-electron chi connectivity index (χ1n) is 7.63. The predicted octanol–water partition coefficient (Wildman–Crippen LogP) is -1.21. The summed E-state index contributed by atoms with van der Waals surface area (Å²) in [6.07, 6.45) is 0. The van der Waals surface area contributed by atoms with Crippen LogP contribution in [0.3, 0.4) is 0 Å². The van der Waals surface area contributed by atoms with E-state index < -0.39 is 47.1 Å². The molecule has 2 atom stereocenters. The molecule has 27 heavy (non-hydrogen) atoms. The van der Waals surface area contributed by atoms with Crippen LogP contribution in [-0.2, 0) is 27.8 Å². The molecule has 15 heteroatoms. The molecule has 160 valence electrons. The van der Waals surface area contributed by atoms with Crippen LogP contribution in [0.25, 0.3) is 0 Å². The molecule has 0 bridgehead atoms. The Labute approximate surface area is 158 Å². The normalized spacial score (nSPS) is 16.4. The van der Waals surface area contributed by atoms with Gasteiger partial charge in [-0.3, -0.25) is 42.5 Å². The Balaban J connectivity index is 5.44. The highest BCUT2D eigenvalue weighted by molar-refractivity contribution is 7.32. The first kappa shape index (κ1) is 26.1. The zero-order valence-electron chi connectivity index (χ0n) is 15.3. The van der Waals surface area contributed by atoms with Crippen molar-refractivity contribution < 1.29 is 47.8 Å². The Morgan fingerprint density at radius 1 is 0.889 bits per heavy atom. The Morgan fingerprint density at radius 3 is 1.48 bits per heavy atom. The van der Waals surface area contributed by atoms with Gasteiger partial charge in [0.15, 0.2) is 0 Å². The number of nitrogens with zero attached hydrogens (tertiary/aromatic N) is 3. The van der Waals surface area contributed by atoms with Crippen molar-refractivity contribution in [2.75, 3.05) is 53.7 Å². The van der Waals surface area contributed by atoms with E-state index in [1.807, 2.05) is 0 Å². The van der Waals surface area contributed by atoms with E-state index in [4.69, 9.17) is 20.0 Å². The molecule has 0 rings (SSSR count). The zero-order chi connectivity index (χ0) is 21.2. The minimum Gasteiger partial charge on any atom is -0.480 e. The monoisotopic (exact) mass is 435 g/mol. The van der Waals surface area contributed by atoms with Gasteiger partial charge in [-0.15, -0.1) is 0 Å². The third-order valence-electron chi connectivity index (χ3n) is 3.45. The molecule has 0 radical (unpaired) electrons. The molecule has 4 N–H and O–H groups in total. The second-order valence-electron chi connectivity index (χ2n) is 6.25. The Kier molecular flexibility index (Phi) is 12.1. The van der Waals surface area contributed by atoms with Crippen LogP contribution in [0.1, 0.15) is 6.92 Å². The van der Waals surface area contributed by atoms with Crippen molar-refractivity contribution in [3.63, 3.8) is 0 Å². The highest BCUT2D eigenvalue weighted by atomic mass is 31.1. The lowest BCUT2D eigenvalue weighted by Crippen LogP contribution is -2.61. The number of hydrogen-bond acceptors (Lipinski definition) is 9. The van der Waals surface area contributed by atoms with Crippen molar-refractivity contribution in [3.8, 4) is 0 Å². The molecule has 0 aromatic rings. The first-order valence-corrected chi connectivity index (χ1v) is 10.2. The molecule has 0 aliphatic rings. The molecule has 13 nitrogen and oxygen atoms in total. The van der Waals surface area contributed by atoms with Crippen molar-refractivity contribution >= 4 is 28.4 Å². The lowest BCUT2D eigenvalue weighted by molar-refractivity contribution is -0.145. The van der Waals surface area contributed by atoms with Crippen LogP contribution >= 0.6 is 16.5 Å². The van der Waals surface area contributed by atoms with E-state index in [-0.39, 0.29) is 26.6 Å². The molecule has 0 spiro atoms. The van der Waals surface area contributed by atoms with E-state index in [1.54, 1.807) is 21.0 Å². The largest absolute Gasteiger partial charge is 0.480 e. The summed E-state index contributed by atoms with van der Waals surface area (Å²) in [6, 6.07) is 0. The summed E-state index contributed by atoms with van der Waals surface area (Å²) in [7, 11) is -3.24. The van der Waals surface area contributed by atoms with Gasteiger partial charge in [0.2, 0.25) is 0 Å². The maximum atomic E-state index is 11.2. The molecule has 0 aromatic carbocycles. The van der Waals surface area contributed by atoms with E-state index in [0.717, 1.165) is 0 Å². The standard InChI is InChI=1S/C12H27N3O10P2/c1-12(6-13(2)8-24-26(20)21,7-14(3)9-25-27(22)23)15(4-10(16)17)5-11(18)19/h26-27H,4-9H2,1-3H3,(H,16,17)(H,18,19)(H,20,21)(H,22,23). The number of aliphatic carboxylic acids is 2. The second kappa shape index (κ2) is 12.6. The molecule has 2 unspecified atom stereocenters. The summed E-state index contributed by atoms with van der Waals surface area (Å²) in [6.45, 7) is 0.141. The predicted molar refractivity (Wildman–Crippen MR) is 94.9 cm³/mol. The van der Waals surface area contributed by atoms with Crippen LogP contribution in [0.5, 0.6) is 0 Å². The third-order valence-corrected chi connectivity index (χ3v) is 4.21. The first-order chi connectivity index (χ1) is 12.4. The molecule has 0 aliphatic heterocycles. The van der Waals surface area contributed by atoms with Crippen molar-refractivity contribution in [2.45, 2.75) is 12.5 Å². The maximum absolute atomic E-state index is 11.2. The van der Waals surface area contributed by atoms with Gasteiger partial charge in [0, 0.05) is 18.6 Å². The number of carboxylic acid groups (broad SMARTS) is 2. The molecule has 0 saturated carbocycles. The summed E-state index contributed by atoms with van der Waals surface area (Å²) in [5.74, 6) is -2.47. The van der Waals surface area contributed by atoms with Gasteiger partial charge in [-0.25, -0.2) is 0 Å². The van der Waals surface area contributed by atoms with E-state index >= 15 is 0 Å². The minimum atomic E-state index is -3.17. The van der Waals surface area contributed by atoms with Crippen LogP contribution < -0.4 is 0 Å². The lowest BCUT2D eigenvalue weighted by Gasteiger charge is -2.44. The van der Waals surface area contributed by atoms with Gasteiger partial charge >= 0.3 is 28.4 Å². The third kappa shape index (κ3) is 12.2. The van der Waals surface area contributed by atoms with Crippen LogP contribution in [0.4, 0.5) is 0 Å². The number of carbonyl (C=O) groups is 2. The van der Waals surface area contributed by atoms with E-state index in [1.165, 1.54) is 14.7 Å². The fourth-order valence-electron chi connectivity index (χ4n) is 2.60. The quantitative estimate of drug-likeness (QED) is 0.178. The van der Waals surface area contributed by atoms with Gasteiger partial charge in [-0.05, 0) is 21.0 Å². The van der Waals surface area contributed by atoms with Gasteiger partial charge in [-0.2, -0.15) is 0 Å². The van der Waals surface area contributed by atoms with Crippen LogP contribution in [-0.4, -0.2) is 106 Å². The molecule has 0 fully saturated rings. The Hall–Kier alpha value is -0.880. The maximum Gasteiger partial charge on any atom is 0.317 e. The zero-order valence-corrected chi connectivity index (χ0v) is 17.3. The average molecular weight is 435 g/mol. The smallest absolute Gasteiger partial charge is 0.317 e. The lowest BCUT2D eigenvalue weighted by atomic mass is 9.98. The summed E-state index contributed by atoms with van der Waals surface area (Å²) < 4.78 is 30.7. The Morgan fingerprint density at radius 2 is 1.22 bits per heavy atom. The van der Waals surface area contributed by atoms with Gasteiger partial charge < -0.3 is 20.0 Å². The average Bonchev–Trinajstić information content (AvgIpc) is 2.49. The topological polar surface area (TPSA) is 177 Å². The van der Waals surface area contributed by atoms with E-state index in [2.05, 4.69) is 9.05 Å². The van der Waals surface area contributed by atoms with E-state index in [0.29, 0.717) is 0 Å². The molecule has 0 heterocycles.